The molecule has 1 aliphatic rings. The molecule has 6 nitrogen and oxygen atoms in total. The van der Waals surface area contributed by atoms with Crippen LogP contribution in [0.25, 0.3) is 0 Å². The molecule has 0 amide bonds. The Kier molecular flexibility index (Phi) is 5.80. The van der Waals surface area contributed by atoms with Crippen molar-refractivity contribution in [3.05, 3.63) is 70.0 Å². The minimum absolute atomic E-state index is 0.130. The Morgan fingerprint density at radius 1 is 1.13 bits per heavy atom. The van der Waals surface area contributed by atoms with Gasteiger partial charge in [-0.1, -0.05) is 35.9 Å². The Hall–Kier alpha value is -2.44. The maximum Gasteiger partial charge on any atom is 0.173 e. The predicted molar refractivity (Wildman–Crippen MR) is 118 cm³/mol. The summed E-state index contributed by atoms with van der Waals surface area (Å²) >= 11 is 6.30. The molecule has 0 aliphatic carbocycles. The first-order chi connectivity index (χ1) is 14.4. The zero-order chi connectivity index (χ0) is 21.3. The van der Waals surface area contributed by atoms with E-state index in [1.54, 1.807) is 0 Å². The van der Waals surface area contributed by atoms with Gasteiger partial charge in [-0.15, -0.1) is 5.10 Å². The molecule has 0 saturated heterocycles. The van der Waals surface area contributed by atoms with E-state index >= 15 is 0 Å². The van der Waals surface area contributed by atoms with Crippen molar-refractivity contribution < 1.29 is 4.74 Å². The lowest BCUT2D eigenvalue weighted by molar-refractivity contribution is 0.181. The van der Waals surface area contributed by atoms with Crippen molar-refractivity contribution in [2.45, 2.75) is 52.2 Å². The summed E-state index contributed by atoms with van der Waals surface area (Å²) in [6.45, 7) is 10.6. The van der Waals surface area contributed by atoms with Gasteiger partial charge in [-0.05, 0) is 73.9 Å². The number of nitrogens with zero attached hydrogens (tertiary/aromatic N) is 5. The van der Waals surface area contributed by atoms with Crippen molar-refractivity contribution in [3.8, 4) is 5.75 Å². The summed E-state index contributed by atoms with van der Waals surface area (Å²) in [5.41, 5.74) is 3.43. The molecule has 1 atom stereocenters. The predicted octanol–water partition coefficient (Wildman–Crippen LogP) is 4.63. The molecular weight excluding hydrogens is 398 g/mol. The van der Waals surface area contributed by atoms with Gasteiger partial charge in [-0.2, -0.15) is 0 Å². The molecule has 0 saturated carbocycles. The second-order valence-electron chi connectivity index (χ2n) is 8.63. The summed E-state index contributed by atoms with van der Waals surface area (Å²) in [7, 11) is 0. The molecule has 2 aromatic carbocycles. The van der Waals surface area contributed by atoms with E-state index in [0.717, 1.165) is 41.7 Å². The minimum atomic E-state index is -0.241. The number of fused-ring (bicyclic) bond motifs is 1. The standard InChI is InChI=1S/C23H28ClN5O/c1-5-30-20-9-7-6-8-19(20)21(22-25-26-27-29(22)23(2,3)4)28-13-12-16-10-11-18(24)14-17(16)15-28/h6-11,14,21H,5,12-13,15H2,1-4H3. The molecule has 1 aliphatic heterocycles. The smallest absolute Gasteiger partial charge is 0.173 e. The fourth-order valence-electron chi connectivity index (χ4n) is 4.10. The van der Waals surface area contributed by atoms with Gasteiger partial charge in [0.15, 0.2) is 5.82 Å². The first-order valence-electron chi connectivity index (χ1n) is 10.4. The van der Waals surface area contributed by atoms with Crippen LogP contribution < -0.4 is 4.74 Å². The van der Waals surface area contributed by atoms with Crippen LogP contribution in [0.2, 0.25) is 5.02 Å². The third kappa shape index (κ3) is 4.07. The van der Waals surface area contributed by atoms with Crippen LogP contribution in [-0.2, 0) is 18.5 Å². The SMILES string of the molecule is CCOc1ccccc1C(c1nnnn1C(C)(C)C)N1CCc2ccc(Cl)cc2C1. The highest BCUT2D eigenvalue weighted by Crippen LogP contribution is 2.38. The van der Waals surface area contributed by atoms with Crippen LogP contribution >= 0.6 is 11.6 Å². The normalized spacial score (nSPS) is 15.6. The average molecular weight is 426 g/mol. The third-order valence-electron chi connectivity index (χ3n) is 5.46. The summed E-state index contributed by atoms with van der Waals surface area (Å²) < 4.78 is 7.92. The highest BCUT2D eigenvalue weighted by molar-refractivity contribution is 6.30. The van der Waals surface area contributed by atoms with Gasteiger partial charge in [-0.25, -0.2) is 4.68 Å². The molecule has 0 bridgehead atoms. The Morgan fingerprint density at radius 2 is 1.93 bits per heavy atom. The van der Waals surface area contributed by atoms with E-state index in [2.05, 4.69) is 59.4 Å². The van der Waals surface area contributed by atoms with Crippen LogP contribution in [0.4, 0.5) is 0 Å². The van der Waals surface area contributed by atoms with Gasteiger partial charge < -0.3 is 4.74 Å². The molecule has 2 heterocycles. The van der Waals surface area contributed by atoms with Crippen molar-refractivity contribution in [2.24, 2.45) is 0 Å². The quantitative estimate of drug-likeness (QED) is 0.596. The molecule has 7 heteroatoms. The molecule has 0 N–H and O–H groups in total. The second-order valence-corrected chi connectivity index (χ2v) is 9.06. The number of hydrogen-bond acceptors (Lipinski definition) is 5. The van der Waals surface area contributed by atoms with Crippen LogP contribution in [0.5, 0.6) is 5.75 Å². The molecular formula is C23H28ClN5O. The minimum Gasteiger partial charge on any atom is -0.494 e. The summed E-state index contributed by atoms with van der Waals surface area (Å²) in [6.07, 6.45) is 0.955. The summed E-state index contributed by atoms with van der Waals surface area (Å²) in [6, 6.07) is 14.2. The molecule has 3 aromatic rings. The third-order valence-corrected chi connectivity index (χ3v) is 5.70. The molecule has 0 radical (unpaired) electrons. The van der Waals surface area contributed by atoms with Crippen LogP contribution in [0.3, 0.4) is 0 Å². The summed E-state index contributed by atoms with van der Waals surface area (Å²) in [4.78, 5) is 2.42. The topological polar surface area (TPSA) is 56.1 Å². The van der Waals surface area contributed by atoms with Crippen molar-refractivity contribution in [2.75, 3.05) is 13.2 Å². The van der Waals surface area contributed by atoms with Crippen molar-refractivity contribution >= 4 is 11.6 Å². The molecule has 158 valence electrons. The number of halogens is 1. The number of rotatable bonds is 5. The van der Waals surface area contributed by atoms with Gasteiger partial charge in [0.05, 0.1) is 12.1 Å². The Morgan fingerprint density at radius 3 is 2.70 bits per heavy atom. The first-order valence-corrected chi connectivity index (χ1v) is 10.8. The number of para-hydroxylation sites is 1. The number of hydrogen-bond donors (Lipinski definition) is 0. The second kappa shape index (κ2) is 8.36. The zero-order valence-corrected chi connectivity index (χ0v) is 18.7. The number of ether oxygens (including phenoxy) is 1. The van der Waals surface area contributed by atoms with Gasteiger partial charge in [0, 0.05) is 23.7 Å². The maximum atomic E-state index is 6.30. The van der Waals surface area contributed by atoms with Gasteiger partial charge in [0.2, 0.25) is 0 Å². The Bertz CT molecular complexity index is 1030. The molecule has 1 unspecified atom stereocenters. The number of tetrazole rings is 1. The Labute approximate surface area is 182 Å². The molecule has 1 aromatic heterocycles. The van der Waals surface area contributed by atoms with E-state index in [0.29, 0.717) is 6.61 Å². The van der Waals surface area contributed by atoms with Crippen LogP contribution in [-0.4, -0.2) is 38.3 Å². The molecule has 30 heavy (non-hydrogen) atoms. The fourth-order valence-corrected chi connectivity index (χ4v) is 4.30. The average Bonchev–Trinajstić information content (AvgIpc) is 3.19. The van der Waals surface area contributed by atoms with Crippen LogP contribution in [0.1, 0.15) is 56.3 Å². The number of benzene rings is 2. The Balaban J connectivity index is 1.83. The van der Waals surface area contributed by atoms with Crippen LogP contribution in [0.15, 0.2) is 42.5 Å². The summed E-state index contributed by atoms with van der Waals surface area (Å²) in [5, 5.41) is 13.6. The maximum absolute atomic E-state index is 6.30. The monoisotopic (exact) mass is 425 g/mol. The highest BCUT2D eigenvalue weighted by Gasteiger charge is 2.34. The lowest BCUT2D eigenvalue weighted by atomic mass is 9.95. The fraction of sp³-hybridized carbons (Fsp3) is 0.435. The van der Waals surface area contributed by atoms with Gasteiger partial charge in [-0.3, -0.25) is 4.90 Å². The lowest BCUT2D eigenvalue weighted by Gasteiger charge is -2.36. The van der Waals surface area contributed by atoms with Gasteiger partial charge in [0.25, 0.3) is 0 Å². The van der Waals surface area contributed by atoms with Crippen molar-refractivity contribution in [3.63, 3.8) is 0 Å². The van der Waals surface area contributed by atoms with Crippen LogP contribution in [0, 0.1) is 0 Å². The number of aromatic nitrogens is 4. The van der Waals surface area contributed by atoms with E-state index in [1.165, 1.54) is 11.1 Å². The highest BCUT2D eigenvalue weighted by atomic mass is 35.5. The van der Waals surface area contributed by atoms with E-state index in [9.17, 15) is 0 Å². The first kappa shape index (κ1) is 20.8. The van der Waals surface area contributed by atoms with E-state index < -0.39 is 0 Å². The molecule has 0 fully saturated rings. The largest absolute Gasteiger partial charge is 0.494 e. The van der Waals surface area contributed by atoms with Crippen molar-refractivity contribution in [1.29, 1.82) is 0 Å². The van der Waals surface area contributed by atoms with Crippen molar-refractivity contribution in [1.82, 2.24) is 25.1 Å². The van der Waals surface area contributed by atoms with Gasteiger partial charge >= 0.3 is 0 Å². The summed E-state index contributed by atoms with van der Waals surface area (Å²) in [5.74, 6) is 1.69. The lowest BCUT2D eigenvalue weighted by Crippen LogP contribution is -2.38. The van der Waals surface area contributed by atoms with E-state index in [-0.39, 0.29) is 11.6 Å². The van der Waals surface area contributed by atoms with E-state index in [4.69, 9.17) is 16.3 Å². The van der Waals surface area contributed by atoms with E-state index in [1.807, 2.05) is 35.9 Å². The zero-order valence-electron chi connectivity index (χ0n) is 18.0. The molecule has 4 rings (SSSR count). The molecule has 0 spiro atoms. The van der Waals surface area contributed by atoms with Gasteiger partial charge in [0.1, 0.15) is 11.8 Å².